The fourth-order valence-corrected chi connectivity index (χ4v) is 5.65. The molecule has 0 aliphatic heterocycles. The maximum Gasteiger partial charge on any atom is 0.236 e. The third-order valence-electron chi connectivity index (χ3n) is 5.52. The Kier molecular flexibility index (Phi) is 26.5. The number of ether oxygens (including phenoxy) is 2. The Labute approximate surface area is 267 Å². The Morgan fingerprint density at radius 3 is 1.32 bits per heavy atom. The van der Waals surface area contributed by atoms with Gasteiger partial charge in [0.25, 0.3) is 0 Å². The molecule has 41 heavy (non-hydrogen) atoms. The standard InChI is InChI=1S/C17H20N2O2S.C6H6O.2C3H7.2C2H5.2Al.2H/c1-3-20-15-9-5-13(6-10-15)18-17(22)19-14-7-11-16(12-8-14)21-4-2;7-6-4-2-1-3-5-6;2*1-3-2;2*1-2;;;;/h5-12H,3-4H2,1-2H3,(H2,18,19,22);1-5,7H;2*1,3H2,2H3;2*1H2,2H3;;;;. The largest absolute Gasteiger partial charge is 0.508 e. The maximum absolute atomic E-state index is 8.63. The fraction of sp³-hybridized carbons (Fsp3) is 0.424. The van der Waals surface area contributed by atoms with Crippen molar-refractivity contribution in [3.63, 3.8) is 0 Å². The van der Waals surface area contributed by atoms with E-state index in [0.717, 1.165) is 22.9 Å². The highest BCUT2D eigenvalue weighted by molar-refractivity contribution is 7.80. The number of hydrogen-bond donors (Lipinski definition) is 3. The Morgan fingerprint density at radius 1 is 0.634 bits per heavy atom. The number of rotatable bonds is 12. The van der Waals surface area contributed by atoms with Crippen molar-refractivity contribution in [1.29, 1.82) is 0 Å². The van der Waals surface area contributed by atoms with Crippen molar-refractivity contribution in [1.82, 2.24) is 0 Å². The highest BCUT2D eigenvalue weighted by Crippen LogP contribution is 2.18. The van der Waals surface area contributed by atoms with Crippen LogP contribution >= 0.6 is 12.2 Å². The second kappa shape index (κ2) is 28.0. The van der Waals surface area contributed by atoms with Gasteiger partial charge in [-0.25, -0.2) is 0 Å². The number of phenols is 1. The molecule has 0 radical (unpaired) electrons. The number of anilines is 2. The normalized spacial score (nSPS) is 9.22. The lowest BCUT2D eigenvalue weighted by Crippen LogP contribution is -2.18. The van der Waals surface area contributed by atoms with E-state index in [1.807, 2.05) is 68.4 Å². The van der Waals surface area contributed by atoms with Gasteiger partial charge in [0.2, 0.25) is 30.4 Å². The lowest BCUT2D eigenvalue weighted by Gasteiger charge is -2.12. The van der Waals surface area contributed by atoms with Gasteiger partial charge in [-0.15, -0.1) is 10.6 Å². The van der Waals surface area contributed by atoms with Crippen molar-refractivity contribution in [3.8, 4) is 17.2 Å². The minimum absolute atomic E-state index is 0.322. The van der Waals surface area contributed by atoms with Gasteiger partial charge in [0, 0.05) is 11.4 Å². The first-order valence-electron chi connectivity index (χ1n) is 15.2. The number of para-hydroxylation sites is 1. The summed E-state index contributed by atoms with van der Waals surface area (Å²) >= 11 is 6.14. The van der Waals surface area contributed by atoms with Crippen LogP contribution in [0.2, 0.25) is 21.1 Å². The number of thiocarbonyl (C=S) groups is 1. The summed E-state index contributed by atoms with van der Waals surface area (Å²) in [6.45, 7) is 14.3. The smallest absolute Gasteiger partial charge is 0.236 e. The zero-order valence-corrected chi connectivity index (χ0v) is 29.9. The Balaban J connectivity index is 0.000000682. The highest BCUT2D eigenvalue weighted by Gasteiger charge is 2.00. The summed E-state index contributed by atoms with van der Waals surface area (Å²) < 4.78 is 10.8. The number of nitrogens with one attached hydrogen (secondary N) is 2. The molecule has 0 aromatic heterocycles. The summed E-state index contributed by atoms with van der Waals surface area (Å²) in [4.78, 5) is 0. The molecular formula is C33H52Al2N2O3S. The number of phenolic OH excluding ortho intramolecular Hbond substituents is 1. The zero-order chi connectivity index (χ0) is 30.6. The molecule has 3 N–H and O–H groups in total. The summed E-state index contributed by atoms with van der Waals surface area (Å²) in [5, 5.41) is 21.5. The molecule has 0 fully saturated rings. The monoisotopic (exact) mass is 610 g/mol. The van der Waals surface area contributed by atoms with Crippen molar-refractivity contribution in [2.75, 3.05) is 23.8 Å². The second-order valence-corrected chi connectivity index (χ2v) is 14.5. The van der Waals surface area contributed by atoms with Crippen LogP contribution in [0.15, 0.2) is 78.9 Å². The highest BCUT2D eigenvalue weighted by atomic mass is 32.1. The molecule has 0 amide bonds. The summed E-state index contributed by atoms with van der Waals surface area (Å²) in [5.74, 6) is 2.01. The van der Waals surface area contributed by atoms with Crippen LogP contribution in [0.3, 0.4) is 0 Å². The lowest BCUT2D eigenvalue weighted by molar-refractivity contribution is 0.340. The van der Waals surface area contributed by atoms with Crippen LogP contribution in [0.5, 0.6) is 17.2 Å². The summed E-state index contributed by atoms with van der Waals surface area (Å²) in [6, 6.07) is 24.1. The number of benzene rings is 3. The van der Waals surface area contributed by atoms with Gasteiger partial charge in [-0.2, -0.15) is 0 Å². The van der Waals surface area contributed by atoms with Gasteiger partial charge < -0.3 is 25.2 Å². The van der Waals surface area contributed by atoms with Crippen LogP contribution < -0.4 is 20.1 Å². The summed E-state index contributed by atoms with van der Waals surface area (Å²) in [5.41, 5.74) is 1.82. The first-order chi connectivity index (χ1) is 19.9. The van der Waals surface area contributed by atoms with Crippen LogP contribution in [0.4, 0.5) is 11.4 Å². The van der Waals surface area contributed by atoms with Gasteiger partial charge in [0.05, 0.1) is 13.2 Å². The van der Waals surface area contributed by atoms with E-state index >= 15 is 0 Å². The van der Waals surface area contributed by atoms with Crippen molar-refractivity contribution >= 4 is 59.1 Å². The van der Waals surface area contributed by atoms with Gasteiger partial charge in [-0.05, 0) is 86.7 Å². The Bertz CT molecular complexity index is 932. The number of hydrogen-bond acceptors (Lipinski definition) is 4. The molecule has 5 nitrogen and oxygen atoms in total. The predicted molar refractivity (Wildman–Crippen MR) is 189 cm³/mol. The molecule has 3 aromatic carbocycles. The molecule has 0 aliphatic rings. The van der Waals surface area contributed by atoms with Crippen molar-refractivity contribution < 1.29 is 14.6 Å². The van der Waals surface area contributed by atoms with Crippen LogP contribution in [0, 0.1) is 0 Å². The molecule has 224 valence electrons. The molecule has 0 unspecified atom stereocenters. The van der Waals surface area contributed by atoms with E-state index in [1.165, 1.54) is 23.4 Å². The van der Waals surface area contributed by atoms with Crippen molar-refractivity contribution in [3.05, 3.63) is 78.9 Å². The van der Waals surface area contributed by atoms with Crippen LogP contribution in [0.25, 0.3) is 0 Å². The fourth-order valence-electron chi connectivity index (χ4n) is 3.35. The molecule has 3 rings (SSSR count). The van der Waals surface area contributed by atoms with E-state index < -0.39 is 0 Å². The maximum atomic E-state index is 8.63. The molecule has 0 heterocycles. The molecule has 0 saturated carbocycles. The van der Waals surface area contributed by atoms with Gasteiger partial charge in [-0.1, -0.05) is 69.3 Å². The van der Waals surface area contributed by atoms with Gasteiger partial charge in [-0.3, -0.25) is 0 Å². The lowest BCUT2D eigenvalue weighted by atomic mass is 10.3. The molecule has 8 heteroatoms. The van der Waals surface area contributed by atoms with Crippen LogP contribution in [0.1, 0.15) is 54.4 Å². The van der Waals surface area contributed by atoms with E-state index in [9.17, 15) is 0 Å². The van der Waals surface area contributed by atoms with E-state index in [-0.39, 0.29) is 0 Å². The van der Waals surface area contributed by atoms with Crippen LogP contribution in [-0.2, 0) is 0 Å². The first-order valence-corrected chi connectivity index (χ1v) is 19.6. The second-order valence-electron chi connectivity index (χ2n) is 9.24. The average molecular weight is 611 g/mol. The van der Waals surface area contributed by atoms with Crippen molar-refractivity contribution in [2.24, 2.45) is 0 Å². The summed E-state index contributed by atoms with van der Waals surface area (Å²) in [7, 11) is 0. The van der Waals surface area contributed by atoms with E-state index in [0.29, 0.717) is 54.5 Å². The third kappa shape index (κ3) is 23.1. The first kappa shape index (κ1) is 38.8. The Hall–Kier alpha value is -2.19. The minimum Gasteiger partial charge on any atom is -0.508 e. The molecule has 0 atom stereocenters. The van der Waals surface area contributed by atoms with Gasteiger partial charge >= 0.3 is 0 Å². The summed E-state index contributed by atoms with van der Waals surface area (Å²) in [6.07, 6.45) is 2.85. The van der Waals surface area contributed by atoms with Gasteiger partial charge in [0.15, 0.2) is 5.11 Å². The predicted octanol–water partition coefficient (Wildman–Crippen LogP) is 9.06. The molecular weight excluding hydrogens is 558 g/mol. The average Bonchev–Trinajstić information content (AvgIpc) is 2.98. The van der Waals surface area contributed by atoms with E-state index in [4.69, 9.17) is 26.8 Å². The van der Waals surface area contributed by atoms with E-state index in [2.05, 4.69) is 38.3 Å². The molecule has 3 aromatic rings. The zero-order valence-electron chi connectivity index (χ0n) is 26.2. The number of aromatic hydroxyl groups is 1. The quantitative estimate of drug-likeness (QED) is 0.108. The molecule has 0 saturated heterocycles. The van der Waals surface area contributed by atoms with Crippen molar-refractivity contribution in [2.45, 2.75) is 75.5 Å². The molecule has 0 spiro atoms. The Morgan fingerprint density at radius 2 is 1.05 bits per heavy atom. The molecule has 0 bridgehead atoms. The minimum atomic E-state index is 0.322. The topological polar surface area (TPSA) is 62.8 Å². The van der Waals surface area contributed by atoms with Gasteiger partial charge in [0.1, 0.15) is 17.2 Å². The third-order valence-corrected chi connectivity index (χ3v) is 9.55. The van der Waals surface area contributed by atoms with E-state index in [1.54, 1.807) is 34.8 Å². The SMILES string of the molecule is CCOc1ccc(NC(=S)Nc2ccc(OCC)cc2)cc1.CC[CH2][AlH][CH2]CC.C[CH2][AlH][CH2]C.Oc1ccccc1. The van der Waals surface area contributed by atoms with Crippen LogP contribution in [-0.4, -0.2) is 53.9 Å². The molecule has 0 aliphatic carbocycles.